The molecule has 2 aliphatic rings. The fourth-order valence-corrected chi connectivity index (χ4v) is 4.87. The minimum atomic E-state index is -0.796. The fraction of sp³-hybridized carbons (Fsp3) is 0.444. The summed E-state index contributed by atoms with van der Waals surface area (Å²) in [4.78, 5) is 39.3. The first-order chi connectivity index (χ1) is 17.0. The molecule has 2 N–H and O–H groups in total. The van der Waals surface area contributed by atoms with Gasteiger partial charge in [0.15, 0.2) is 0 Å². The Morgan fingerprint density at radius 1 is 0.886 bits per heavy atom. The molecule has 0 unspecified atom stereocenters. The number of carbonyl (C=O) groups excluding carboxylic acids is 2. The maximum Gasteiger partial charge on any atom is 0.407 e. The number of carboxylic acid groups (broad SMARTS) is 1. The number of unbranched alkanes of at least 4 members (excludes halogenated alkanes) is 1. The summed E-state index contributed by atoms with van der Waals surface area (Å²) in [6.07, 6.45) is 1.54. The van der Waals surface area contributed by atoms with Crippen LogP contribution in [0.25, 0.3) is 11.1 Å². The molecule has 1 heterocycles. The van der Waals surface area contributed by atoms with Crippen molar-refractivity contribution >= 4 is 18.0 Å². The SMILES string of the molecule is O=C(O)CCN1CCN(C(=O)CCCCNC(=O)OCC2c3ccccc3-c3ccccc32)CC1. The molecule has 8 nitrogen and oxygen atoms in total. The largest absolute Gasteiger partial charge is 0.481 e. The Morgan fingerprint density at radius 2 is 1.51 bits per heavy atom. The van der Waals surface area contributed by atoms with Gasteiger partial charge in [0.1, 0.15) is 6.61 Å². The van der Waals surface area contributed by atoms with Crippen LogP contribution in [-0.4, -0.2) is 78.8 Å². The topological polar surface area (TPSA) is 99.2 Å². The molecule has 1 saturated heterocycles. The van der Waals surface area contributed by atoms with Gasteiger partial charge < -0.3 is 20.1 Å². The molecule has 8 heteroatoms. The van der Waals surface area contributed by atoms with Crippen molar-refractivity contribution in [3.63, 3.8) is 0 Å². The number of rotatable bonds is 10. The molecule has 0 aromatic heterocycles. The predicted molar refractivity (Wildman–Crippen MR) is 132 cm³/mol. The zero-order chi connectivity index (χ0) is 24.6. The molecule has 1 aliphatic carbocycles. The first-order valence-electron chi connectivity index (χ1n) is 12.3. The average molecular weight is 480 g/mol. The smallest absolute Gasteiger partial charge is 0.407 e. The first kappa shape index (κ1) is 24.7. The maximum absolute atomic E-state index is 12.4. The quantitative estimate of drug-likeness (QED) is 0.507. The summed E-state index contributed by atoms with van der Waals surface area (Å²) in [5.74, 6) is -0.644. The Balaban J connectivity index is 1.11. The van der Waals surface area contributed by atoms with E-state index in [1.165, 1.54) is 22.3 Å². The summed E-state index contributed by atoms with van der Waals surface area (Å²) >= 11 is 0. The Bertz CT molecular complexity index is 1000. The van der Waals surface area contributed by atoms with Crippen molar-refractivity contribution in [2.45, 2.75) is 31.6 Å². The van der Waals surface area contributed by atoms with Crippen molar-refractivity contribution in [3.8, 4) is 11.1 Å². The highest BCUT2D eigenvalue weighted by Gasteiger charge is 2.29. The Kier molecular flexibility index (Phi) is 8.36. The van der Waals surface area contributed by atoms with Crippen LogP contribution in [0.4, 0.5) is 4.79 Å². The van der Waals surface area contributed by atoms with E-state index in [9.17, 15) is 14.4 Å². The van der Waals surface area contributed by atoms with Crippen LogP contribution in [0.3, 0.4) is 0 Å². The van der Waals surface area contributed by atoms with E-state index in [0.717, 1.165) is 0 Å². The van der Waals surface area contributed by atoms with Gasteiger partial charge >= 0.3 is 12.1 Å². The van der Waals surface area contributed by atoms with Gasteiger partial charge in [-0.25, -0.2) is 4.79 Å². The number of piperazine rings is 1. The molecular formula is C27H33N3O5. The number of ether oxygens (including phenoxy) is 1. The van der Waals surface area contributed by atoms with Crippen LogP contribution in [0.2, 0.25) is 0 Å². The third-order valence-electron chi connectivity index (χ3n) is 6.80. The van der Waals surface area contributed by atoms with Crippen LogP contribution in [-0.2, 0) is 14.3 Å². The number of benzene rings is 2. The summed E-state index contributed by atoms with van der Waals surface area (Å²) in [7, 11) is 0. The molecule has 4 rings (SSSR count). The molecule has 0 radical (unpaired) electrons. The molecule has 2 aromatic rings. The van der Waals surface area contributed by atoms with Gasteiger partial charge in [0.25, 0.3) is 0 Å². The molecule has 1 fully saturated rings. The second-order valence-corrected chi connectivity index (χ2v) is 9.08. The number of carbonyl (C=O) groups is 3. The third kappa shape index (κ3) is 6.39. The van der Waals surface area contributed by atoms with Crippen LogP contribution in [0.15, 0.2) is 48.5 Å². The number of aliphatic carboxylic acids is 1. The average Bonchev–Trinajstić information content (AvgIpc) is 3.20. The molecule has 35 heavy (non-hydrogen) atoms. The van der Waals surface area contributed by atoms with E-state index < -0.39 is 12.1 Å². The van der Waals surface area contributed by atoms with Crippen molar-refractivity contribution in [3.05, 3.63) is 59.7 Å². The van der Waals surface area contributed by atoms with Crippen LogP contribution >= 0.6 is 0 Å². The van der Waals surface area contributed by atoms with E-state index in [-0.39, 0.29) is 24.9 Å². The molecule has 0 bridgehead atoms. The van der Waals surface area contributed by atoms with E-state index in [4.69, 9.17) is 9.84 Å². The molecule has 0 atom stereocenters. The predicted octanol–water partition coefficient (Wildman–Crippen LogP) is 3.31. The highest BCUT2D eigenvalue weighted by atomic mass is 16.5. The fourth-order valence-electron chi connectivity index (χ4n) is 4.87. The standard InChI is InChI=1S/C27H33N3O5/c31-25(30-17-15-29(16-18-30)14-12-26(32)33)11-5-6-13-28-27(34)35-19-24-22-9-3-1-7-20(22)21-8-2-4-10-23(21)24/h1-4,7-10,24H,5-6,11-19H2,(H,28,34)(H,32,33). The zero-order valence-corrected chi connectivity index (χ0v) is 19.9. The number of amides is 2. The van der Waals surface area contributed by atoms with E-state index in [1.807, 2.05) is 29.2 Å². The van der Waals surface area contributed by atoms with Crippen LogP contribution in [0.1, 0.15) is 42.7 Å². The summed E-state index contributed by atoms with van der Waals surface area (Å²) in [5, 5.41) is 11.6. The number of hydrogen-bond acceptors (Lipinski definition) is 5. The lowest BCUT2D eigenvalue weighted by Crippen LogP contribution is -2.49. The second kappa shape index (κ2) is 11.8. The molecule has 186 valence electrons. The van der Waals surface area contributed by atoms with Gasteiger partial charge in [0.2, 0.25) is 5.91 Å². The highest BCUT2D eigenvalue weighted by Crippen LogP contribution is 2.44. The number of nitrogens with zero attached hydrogens (tertiary/aromatic N) is 2. The molecule has 1 aliphatic heterocycles. The van der Waals surface area contributed by atoms with E-state index in [1.54, 1.807) is 0 Å². The second-order valence-electron chi connectivity index (χ2n) is 9.08. The van der Waals surface area contributed by atoms with Crippen LogP contribution < -0.4 is 5.32 Å². The molecule has 0 spiro atoms. The molecule has 2 aromatic carbocycles. The van der Waals surface area contributed by atoms with Crippen LogP contribution in [0.5, 0.6) is 0 Å². The van der Waals surface area contributed by atoms with E-state index in [2.05, 4.69) is 34.5 Å². The van der Waals surface area contributed by atoms with Gasteiger partial charge in [-0.2, -0.15) is 0 Å². The summed E-state index contributed by atoms with van der Waals surface area (Å²) < 4.78 is 5.54. The maximum atomic E-state index is 12.4. The number of fused-ring (bicyclic) bond motifs is 3. The number of nitrogens with one attached hydrogen (secondary N) is 1. The minimum absolute atomic E-state index is 0.0374. The van der Waals surface area contributed by atoms with E-state index in [0.29, 0.717) is 58.5 Å². The molecule has 0 saturated carbocycles. The molecule has 2 amide bonds. The monoisotopic (exact) mass is 479 g/mol. The van der Waals surface area contributed by atoms with Crippen molar-refractivity contribution in [1.82, 2.24) is 15.1 Å². The van der Waals surface area contributed by atoms with Gasteiger partial charge in [0.05, 0.1) is 6.42 Å². The van der Waals surface area contributed by atoms with Crippen molar-refractivity contribution < 1.29 is 24.2 Å². The number of carboxylic acids is 1. The van der Waals surface area contributed by atoms with E-state index >= 15 is 0 Å². The Morgan fingerprint density at radius 3 is 2.14 bits per heavy atom. The van der Waals surface area contributed by atoms with Crippen LogP contribution in [0, 0.1) is 0 Å². The number of hydrogen-bond donors (Lipinski definition) is 2. The first-order valence-corrected chi connectivity index (χ1v) is 12.3. The van der Waals surface area contributed by atoms with Gasteiger partial charge in [-0.3, -0.25) is 14.5 Å². The summed E-state index contributed by atoms with van der Waals surface area (Å²) in [5.41, 5.74) is 4.76. The van der Waals surface area contributed by atoms with Crippen molar-refractivity contribution in [2.75, 3.05) is 45.9 Å². The third-order valence-corrected chi connectivity index (χ3v) is 6.80. The number of alkyl carbamates (subject to hydrolysis) is 1. The van der Waals surface area contributed by atoms with Gasteiger partial charge in [-0.05, 0) is 35.1 Å². The van der Waals surface area contributed by atoms with Crippen molar-refractivity contribution in [1.29, 1.82) is 0 Å². The zero-order valence-electron chi connectivity index (χ0n) is 19.9. The normalized spacial score (nSPS) is 15.4. The van der Waals surface area contributed by atoms with Gasteiger partial charge in [0, 0.05) is 51.6 Å². The Labute approximate surface area is 205 Å². The summed E-state index contributed by atoms with van der Waals surface area (Å²) in [6.45, 7) is 3.97. The molecular weight excluding hydrogens is 446 g/mol. The minimum Gasteiger partial charge on any atom is -0.481 e. The van der Waals surface area contributed by atoms with Crippen molar-refractivity contribution in [2.24, 2.45) is 0 Å². The van der Waals surface area contributed by atoms with Gasteiger partial charge in [-0.15, -0.1) is 0 Å². The highest BCUT2D eigenvalue weighted by molar-refractivity contribution is 5.79. The lowest BCUT2D eigenvalue weighted by Gasteiger charge is -2.34. The lowest BCUT2D eigenvalue weighted by molar-refractivity contribution is -0.138. The Hall–Kier alpha value is -3.39. The summed E-state index contributed by atoms with van der Waals surface area (Å²) in [6, 6.07) is 16.5. The van der Waals surface area contributed by atoms with Gasteiger partial charge in [-0.1, -0.05) is 48.5 Å². The lowest BCUT2D eigenvalue weighted by atomic mass is 9.98.